The van der Waals surface area contributed by atoms with Crippen LogP contribution in [0.2, 0.25) is 0 Å². The van der Waals surface area contributed by atoms with Crippen molar-refractivity contribution in [3.63, 3.8) is 0 Å². The summed E-state index contributed by atoms with van der Waals surface area (Å²) in [5, 5.41) is 15.3. The van der Waals surface area contributed by atoms with Crippen LogP contribution in [0.3, 0.4) is 0 Å². The summed E-state index contributed by atoms with van der Waals surface area (Å²) in [6.07, 6.45) is 4.55. The lowest BCUT2D eigenvalue weighted by atomic mass is 9.97. The Labute approximate surface area is 106 Å². The number of piperidine rings is 1. The van der Waals surface area contributed by atoms with Crippen LogP contribution < -0.4 is 10.6 Å². The van der Waals surface area contributed by atoms with Crippen molar-refractivity contribution in [2.45, 2.75) is 38.3 Å². The van der Waals surface area contributed by atoms with Crippen LogP contribution in [0.5, 0.6) is 0 Å². The molecule has 1 saturated heterocycles. The first kappa shape index (κ1) is 12.8. The highest BCUT2D eigenvalue weighted by Gasteiger charge is 2.32. The van der Waals surface area contributed by atoms with E-state index >= 15 is 0 Å². The molecule has 0 radical (unpaired) electrons. The van der Waals surface area contributed by atoms with Gasteiger partial charge in [-0.2, -0.15) is 0 Å². The SMILES string of the molecule is CC(N)C1CCCCN1c1nn(C)cc1[N+](=O)[O-]. The van der Waals surface area contributed by atoms with Gasteiger partial charge in [0.2, 0.25) is 5.82 Å². The van der Waals surface area contributed by atoms with Crippen LogP contribution in [0.1, 0.15) is 26.2 Å². The topological polar surface area (TPSA) is 90.2 Å². The maximum Gasteiger partial charge on any atom is 0.330 e. The number of aromatic nitrogens is 2. The summed E-state index contributed by atoms with van der Waals surface area (Å²) in [5.74, 6) is 0.449. The van der Waals surface area contributed by atoms with Crippen molar-refractivity contribution in [2.75, 3.05) is 11.4 Å². The van der Waals surface area contributed by atoms with Gasteiger partial charge in [-0.3, -0.25) is 14.8 Å². The van der Waals surface area contributed by atoms with E-state index in [4.69, 9.17) is 5.73 Å². The zero-order chi connectivity index (χ0) is 13.3. The number of nitro groups is 1. The molecule has 2 heterocycles. The minimum atomic E-state index is -0.380. The van der Waals surface area contributed by atoms with E-state index in [1.165, 1.54) is 10.9 Å². The Morgan fingerprint density at radius 2 is 2.33 bits per heavy atom. The van der Waals surface area contributed by atoms with E-state index in [9.17, 15) is 10.1 Å². The molecule has 1 aromatic heterocycles. The molecule has 1 aromatic rings. The second-order valence-electron chi connectivity index (χ2n) is 4.88. The molecule has 0 saturated carbocycles. The molecule has 7 nitrogen and oxygen atoms in total. The highest BCUT2D eigenvalue weighted by Crippen LogP contribution is 2.31. The van der Waals surface area contributed by atoms with Gasteiger partial charge in [0.05, 0.1) is 4.92 Å². The molecule has 100 valence electrons. The Kier molecular flexibility index (Phi) is 3.51. The Balaban J connectivity index is 2.36. The van der Waals surface area contributed by atoms with E-state index < -0.39 is 0 Å². The maximum atomic E-state index is 11.0. The van der Waals surface area contributed by atoms with Gasteiger partial charge in [-0.15, -0.1) is 5.10 Å². The van der Waals surface area contributed by atoms with Crippen molar-refractivity contribution in [3.05, 3.63) is 16.3 Å². The summed E-state index contributed by atoms with van der Waals surface area (Å²) >= 11 is 0. The second kappa shape index (κ2) is 4.93. The summed E-state index contributed by atoms with van der Waals surface area (Å²) in [5.41, 5.74) is 6.04. The number of hydrogen-bond acceptors (Lipinski definition) is 5. The van der Waals surface area contributed by atoms with E-state index in [-0.39, 0.29) is 22.7 Å². The molecule has 0 aliphatic carbocycles. The third kappa shape index (κ3) is 2.31. The average Bonchev–Trinajstić information content (AvgIpc) is 2.71. The minimum Gasteiger partial charge on any atom is -0.345 e. The molecule has 2 rings (SSSR count). The molecule has 0 amide bonds. The quantitative estimate of drug-likeness (QED) is 0.642. The van der Waals surface area contributed by atoms with Crippen molar-refractivity contribution in [3.8, 4) is 0 Å². The molecule has 18 heavy (non-hydrogen) atoms. The van der Waals surface area contributed by atoms with E-state index in [1.54, 1.807) is 7.05 Å². The van der Waals surface area contributed by atoms with Crippen molar-refractivity contribution in [1.82, 2.24) is 9.78 Å². The van der Waals surface area contributed by atoms with Crippen molar-refractivity contribution in [2.24, 2.45) is 12.8 Å². The van der Waals surface area contributed by atoms with E-state index in [0.29, 0.717) is 5.82 Å². The van der Waals surface area contributed by atoms with Gasteiger partial charge in [0.1, 0.15) is 6.20 Å². The Bertz CT molecular complexity index is 443. The first-order valence-electron chi connectivity index (χ1n) is 6.21. The van der Waals surface area contributed by atoms with Gasteiger partial charge in [-0.1, -0.05) is 0 Å². The van der Waals surface area contributed by atoms with Crippen LogP contribution in [-0.4, -0.2) is 33.3 Å². The molecule has 1 fully saturated rings. The standard InChI is InChI=1S/C11H19N5O2/c1-8(12)9-5-3-4-6-15(9)11-10(16(17)18)7-14(2)13-11/h7-9H,3-6,12H2,1-2H3. The predicted molar refractivity (Wildman–Crippen MR) is 68.5 cm³/mol. The fourth-order valence-electron chi connectivity index (χ4n) is 2.56. The van der Waals surface area contributed by atoms with E-state index in [0.717, 1.165) is 25.8 Å². The summed E-state index contributed by atoms with van der Waals surface area (Å²) < 4.78 is 1.49. The predicted octanol–water partition coefficient (Wildman–Crippen LogP) is 1.03. The number of aryl methyl sites for hydroxylation is 1. The molecule has 0 spiro atoms. The fourth-order valence-corrected chi connectivity index (χ4v) is 2.56. The van der Waals surface area contributed by atoms with Crippen LogP contribution in [0.4, 0.5) is 11.5 Å². The van der Waals surface area contributed by atoms with Crippen molar-refractivity contribution >= 4 is 11.5 Å². The van der Waals surface area contributed by atoms with Gasteiger partial charge in [-0.25, -0.2) is 0 Å². The summed E-state index contributed by atoms with van der Waals surface area (Å²) in [4.78, 5) is 12.7. The molecular weight excluding hydrogens is 234 g/mol. The highest BCUT2D eigenvalue weighted by atomic mass is 16.6. The lowest BCUT2D eigenvalue weighted by molar-refractivity contribution is -0.384. The van der Waals surface area contributed by atoms with Gasteiger partial charge in [-0.05, 0) is 26.2 Å². The van der Waals surface area contributed by atoms with Crippen LogP contribution >= 0.6 is 0 Å². The normalized spacial score (nSPS) is 21.9. The third-order valence-electron chi connectivity index (χ3n) is 3.42. The van der Waals surface area contributed by atoms with Crippen molar-refractivity contribution < 1.29 is 4.92 Å². The largest absolute Gasteiger partial charge is 0.345 e. The maximum absolute atomic E-state index is 11.0. The Morgan fingerprint density at radius 1 is 1.61 bits per heavy atom. The number of rotatable bonds is 3. The van der Waals surface area contributed by atoms with Gasteiger partial charge in [0.15, 0.2) is 0 Å². The minimum absolute atomic E-state index is 0.0214. The van der Waals surface area contributed by atoms with Crippen LogP contribution in [0.15, 0.2) is 6.20 Å². The third-order valence-corrected chi connectivity index (χ3v) is 3.42. The number of hydrogen-bond donors (Lipinski definition) is 1. The molecule has 0 bridgehead atoms. The first-order valence-corrected chi connectivity index (χ1v) is 6.21. The van der Waals surface area contributed by atoms with Gasteiger partial charge in [0, 0.05) is 25.7 Å². The van der Waals surface area contributed by atoms with Crippen LogP contribution in [0, 0.1) is 10.1 Å². The number of anilines is 1. The van der Waals surface area contributed by atoms with E-state index in [1.807, 2.05) is 11.8 Å². The zero-order valence-electron chi connectivity index (χ0n) is 10.7. The molecule has 2 N–H and O–H groups in total. The van der Waals surface area contributed by atoms with Gasteiger partial charge >= 0.3 is 5.69 Å². The first-order chi connectivity index (χ1) is 8.50. The number of nitrogens with two attached hydrogens (primary N) is 1. The smallest absolute Gasteiger partial charge is 0.330 e. The highest BCUT2D eigenvalue weighted by molar-refractivity contribution is 5.57. The molecule has 2 atom stereocenters. The van der Waals surface area contributed by atoms with Gasteiger partial charge in [0.25, 0.3) is 0 Å². The second-order valence-corrected chi connectivity index (χ2v) is 4.88. The molecular formula is C11H19N5O2. The van der Waals surface area contributed by atoms with Gasteiger partial charge < -0.3 is 10.6 Å². The lowest BCUT2D eigenvalue weighted by Gasteiger charge is -2.37. The summed E-state index contributed by atoms with van der Waals surface area (Å²) in [7, 11) is 1.70. The van der Waals surface area contributed by atoms with E-state index in [2.05, 4.69) is 5.10 Å². The van der Waals surface area contributed by atoms with Crippen molar-refractivity contribution in [1.29, 1.82) is 0 Å². The monoisotopic (exact) mass is 253 g/mol. The van der Waals surface area contributed by atoms with Crippen LogP contribution in [0.25, 0.3) is 0 Å². The molecule has 2 unspecified atom stereocenters. The molecule has 7 heteroatoms. The fraction of sp³-hybridized carbons (Fsp3) is 0.727. The summed E-state index contributed by atoms with van der Waals surface area (Å²) in [6, 6.07) is 0.110. The zero-order valence-corrected chi connectivity index (χ0v) is 10.7. The Morgan fingerprint density at radius 3 is 2.94 bits per heavy atom. The number of nitrogens with zero attached hydrogens (tertiary/aromatic N) is 4. The Hall–Kier alpha value is -1.63. The molecule has 1 aliphatic rings. The lowest BCUT2D eigenvalue weighted by Crippen LogP contribution is -2.49. The van der Waals surface area contributed by atoms with Crippen LogP contribution in [-0.2, 0) is 7.05 Å². The average molecular weight is 253 g/mol. The summed E-state index contributed by atoms with van der Waals surface area (Å²) in [6.45, 7) is 2.72. The molecule has 1 aliphatic heterocycles. The molecule has 0 aromatic carbocycles.